The van der Waals surface area contributed by atoms with E-state index in [9.17, 15) is 4.79 Å². The zero-order valence-corrected chi connectivity index (χ0v) is 12.8. The van der Waals surface area contributed by atoms with Crippen LogP contribution >= 0.6 is 0 Å². The summed E-state index contributed by atoms with van der Waals surface area (Å²) in [7, 11) is 0. The number of carbonyl (C=O) groups is 1. The smallest absolute Gasteiger partial charge is 0.272 e. The number of carbonyl (C=O) groups excluding carboxylic acids is 1. The zero-order chi connectivity index (χ0) is 14.7. The Morgan fingerprint density at radius 1 is 1.33 bits per heavy atom. The first-order valence-corrected chi connectivity index (χ1v) is 8.30. The van der Waals surface area contributed by atoms with E-state index in [0.29, 0.717) is 17.7 Å². The van der Waals surface area contributed by atoms with Gasteiger partial charge in [0.1, 0.15) is 5.69 Å². The average molecular weight is 287 g/mol. The van der Waals surface area contributed by atoms with Crippen molar-refractivity contribution < 1.29 is 4.79 Å². The molecular weight excluding hydrogens is 262 g/mol. The van der Waals surface area contributed by atoms with Gasteiger partial charge in [-0.2, -0.15) is 0 Å². The summed E-state index contributed by atoms with van der Waals surface area (Å²) < 4.78 is 0. The summed E-state index contributed by atoms with van der Waals surface area (Å²) >= 11 is 0. The van der Waals surface area contributed by atoms with Gasteiger partial charge in [-0.25, -0.2) is 0 Å². The second kappa shape index (κ2) is 6.46. The number of nitrogens with zero attached hydrogens (tertiary/aromatic N) is 2. The molecule has 3 rings (SSSR count). The molecule has 0 bridgehead atoms. The van der Waals surface area contributed by atoms with Gasteiger partial charge in [0, 0.05) is 31.0 Å². The van der Waals surface area contributed by atoms with Crippen LogP contribution in [0.3, 0.4) is 0 Å². The Labute approximate surface area is 126 Å². The van der Waals surface area contributed by atoms with Gasteiger partial charge in [0.25, 0.3) is 5.91 Å². The second-order valence-corrected chi connectivity index (χ2v) is 6.21. The van der Waals surface area contributed by atoms with Gasteiger partial charge in [0.15, 0.2) is 0 Å². The molecule has 2 fully saturated rings. The normalized spacial score (nSPS) is 25.3. The molecule has 4 nitrogen and oxygen atoms in total. The van der Waals surface area contributed by atoms with Gasteiger partial charge in [-0.1, -0.05) is 12.8 Å². The lowest BCUT2D eigenvalue weighted by Crippen LogP contribution is -2.49. The van der Waals surface area contributed by atoms with E-state index in [2.05, 4.69) is 22.1 Å². The van der Waals surface area contributed by atoms with Gasteiger partial charge in [-0.3, -0.25) is 9.78 Å². The summed E-state index contributed by atoms with van der Waals surface area (Å²) in [5.74, 6) is 0.833. The third-order valence-corrected chi connectivity index (χ3v) is 4.86. The molecule has 2 aliphatic rings. The first kappa shape index (κ1) is 14.4. The highest BCUT2D eigenvalue weighted by atomic mass is 16.2. The molecule has 2 atom stereocenters. The minimum atomic E-state index is 0.117. The Balaban J connectivity index is 1.78. The summed E-state index contributed by atoms with van der Waals surface area (Å²) in [6.45, 7) is 3.80. The lowest BCUT2D eigenvalue weighted by molar-refractivity contribution is 0.0385. The molecule has 1 aromatic rings. The number of fused-ring (bicyclic) bond motifs is 1. The van der Waals surface area contributed by atoms with Crippen molar-refractivity contribution in [3.63, 3.8) is 0 Å². The minimum absolute atomic E-state index is 0.117. The van der Waals surface area contributed by atoms with Crippen LogP contribution in [0.2, 0.25) is 0 Å². The van der Waals surface area contributed by atoms with Crippen LogP contribution in [0.5, 0.6) is 0 Å². The van der Waals surface area contributed by atoms with E-state index >= 15 is 0 Å². The summed E-state index contributed by atoms with van der Waals surface area (Å²) in [5.41, 5.74) is 1.56. The highest BCUT2D eigenvalue weighted by Gasteiger charge is 2.36. The first-order chi connectivity index (χ1) is 10.3. The lowest BCUT2D eigenvalue weighted by atomic mass is 9.78. The Kier molecular flexibility index (Phi) is 4.42. The molecule has 0 aromatic carbocycles. The maximum absolute atomic E-state index is 12.8. The fourth-order valence-electron chi connectivity index (χ4n) is 3.89. The fraction of sp³-hybridized carbons (Fsp3) is 0.647. The van der Waals surface area contributed by atoms with Gasteiger partial charge >= 0.3 is 0 Å². The van der Waals surface area contributed by atoms with Crippen LogP contribution in [0.1, 0.15) is 55.9 Å². The van der Waals surface area contributed by atoms with Crippen molar-refractivity contribution in [1.82, 2.24) is 9.88 Å². The number of likely N-dealkylation sites (tertiary alicyclic amines) is 1. The molecule has 4 heteroatoms. The number of hydrogen-bond acceptors (Lipinski definition) is 3. The number of rotatable bonds is 3. The van der Waals surface area contributed by atoms with Gasteiger partial charge in [0.05, 0.1) is 0 Å². The Hall–Kier alpha value is -1.58. The standard InChI is InChI=1S/C17H25N3O/c1-2-18-14-9-10-19-15(12-14)17(21)20-11-5-7-13-6-3-4-8-16(13)20/h9-10,12-13,16H,2-8,11H2,1H3,(H,18,19)/t13-,16-/m1/s1. The second-order valence-electron chi connectivity index (χ2n) is 6.21. The third kappa shape index (κ3) is 3.04. The topological polar surface area (TPSA) is 45.2 Å². The highest BCUT2D eigenvalue weighted by molar-refractivity contribution is 5.93. The van der Waals surface area contributed by atoms with Crippen LogP contribution in [-0.4, -0.2) is 34.9 Å². The third-order valence-electron chi connectivity index (χ3n) is 4.86. The summed E-state index contributed by atoms with van der Waals surface area (Å²) in [6.07, 6.45) is 9.21. The van der Waals surface area contributed by atoms with Crippen LogP contribution in [0.25, 0.3) is 0 Å². The molecule has 1 N–H and O–H groups in total. The van der Waals surface area contributed by atoms with Gasteiger partial charge in [-0.15, -0.1) is 0 Å². The SMILES string of the molecule is CCNc1ccnc(C(=O)N2CCC[C@H]3CCCC[C@H]32)c1. The number of aromatic nitrogens is 1. The summed E-state index contributed by atoms with van der Waals surface area (Å²) in [5, 5.41) is 3.25. The molecule has 1 aliphatic heterocycles. The maximum Gasteiger partial charge on any atom is 0.272 e. The van der Waals surface area contributed by atoms with Crippen molar-refractivity contribution in [1.29, 1.82) is 0 Å². The van der Waals surface area contributed by atoms with E-state index in [1.807, 2.05) is 12.1 Å². The molecule has 1 amide bonds. The van der Waals surface area contributed by atoms with E-state index in [1.165, 1.54) is 32.1 Å². The largest absolute Gasteiger partial charge is 0.385 e. The molecule has 1 aliphatic carbocycles. The van der Waals surface area contributed by atoms with Crippen LogP contribution < -0.4 is 5.32 Å². The average Bonchev–Trinajstić information content (AvgIpc) is 2.54. The van der Waals surface area contributed by atoms with E-state index < -0.39 is 0 Å². The molecule has 2 heterocycles. The van der Waals surface area contributed by atoms with Crippen molar-refractivity contribution in [2.75, 3.05) is 18.4 Å². The quantitative estimate of drug-likeness (QED) is 0.927. The van der Waals surface area contributed by atoms with E-state index in [1.54, 1.807) is 6.20 Å². The highest BCUT2D eigenvalue weighted by Crippen LogP contribution is 2.35. The Bertz CT molecular complexity index is 501. The van der Waals surface area contributed by atoms with Crippen molar-refractivity contribution in [2.24, 2.45) is 5.92 Å². The maximum atomic E-state index is 12.8. The van der Waals surface area contributed by atoms with E-state index in [0.717, 1.165) is 25.2 Å². The van der Waals surface area contributed by atoms with Gasteiger partial charge < -0.3 is 10.2 Å². The molecule has 1 saturated carbocycles. The van der Waals surface area contributed by atoms with Crippen LogP contribution in [0, 0.1) is 5.92 Å². The van der Waals surface area contributed by atoms with Crippen molar-refractivity contribution in [3.05, 3.63) is 24.0 Å². The minimum Gasteiger partial charge on any atom is -0.385 e. The number of amides is 1. The van der Waals surface area contributed by atoms with Crippen LogP contribution in [0.4, 0.5) is 5.69 Å². The van der Waals surface area contributed by atoms with Crippen molar-refractivity contribution in [3.8, 4) is 0 Å². The molecular formula is C17H25N3O. The Morgan fingerprint density at radius 2 is 2.14 bits per heavy atom. The van der Waals surface area contributed by atoms with Gasteiger partial charge in [-0.05, 0) is 50.7 Å². The Morgan fingerprint density at radius 3 is 3.00 bits per heavy atom. The molecule has 0 spiro atoms. The number of piperidine rings is 1. The lowest BCUT2D eigenvalue weighted by Gasteiger charge is -2.44. The molecule has 0 unspecified atom stereocenters. The fourth-order valence-corrected chi connectivity index (χ4v) is 3.89. The summed E-state index contributed by atoms with van der Waals surface area (Å²) in [4.78, 5) is 19.3. The number of hydrogen-bond donors (Lipinski definition) is 1. The molecule has 0 radical (unpaired) electrons. The summed E-state index contributed by atoms with van der Waals surface area (Å²) in [6, 6.07) is 4.25. The zero-order valence-electron chi connectivity index (χ0n) is 12.8. The molecule has 1 aromatic heterocycles. The number of nitrogens with one attached hydrogen (secondary N) is 1. The predicted octanol–water partition coefficient (Wildman–Crippen LogP) is 3.31. The van der Waals surface area contributed by atoms with E-state index in [4.69, 9.17) is 0 Å². The number of anilines is 1. The number of pyridine rings is 1. The molecule has 21 heavy (non-hydrogen) atoms. The monoisotopic (exact) mass is 287 g/mol. The van der Waals surface area contributed by atoms with Crippen LogP contribution in [-0.2, 0) is 0 Å². The first-order valence-electron chi connectivity index (χ1n) is 8.30. The van der Waals surface area contributed by atoms with E-state index in [-0.39, 0.29) is 5.91 Å². The van der Waals surface area contributed by atoms with Gasteiger partial charge in [0.2, 0.25) is 0 Å². The van der Waals surface area contributed by atoms with Crippen molar-refractivity contribution in [2.45, 2.75) is 51.5 Å². The van der Waals surface area contributed by atoms with Crippen LogP contribution in [0.15, 0.2) is 18.3 Å². The predicted molar refractivity (Wildman–Crippen MR) is 84.4 cm³/mol. The molecule has 114 valence electrons. The van der Waals surface area contributed by atoms with Crippen molar-refractivity contribution >= 4 is 11.6 Å². The molecule has 1 saturated heterocycles.